The summed E-state index contributed by atoms with van der Waals surface area (Å²) in [5.74, 6) is -0.197. The lowest BCUT2D eigenvalue weighted by Gasteiger charge is -2.12. The van der Waals surface area contributed by atoms with Gasteiger partial charge in [0, 0.05) is 18.7 Å². The van der Waals surface area contributed by atoms with Crippen LogP contribution in [0, 0.1) is 5.82 Å². The van der Waals surface area contributed by atoms with Gasteiger partial charge in [-0.15, -0.1) is 0 Å². The summed E-state index contributed by atoms with van der Waals surface area (Å²) in [4.78, 5) is 0. The summed E-state index contributed by atoms with van der Waals surface area (Å²) in [6.45, 7) is 2.77. The third-order valence-electron chi connectivity index (χ3n) is 2.58. The average Bonchev–Trinajstić information content (AvgIpc) is 2.83. The van der Waals surface area contributed by atoms with Crippen molar-refractivity contribution in [3.8, 4) is 0 Å². The van der Waals surface area contributed by atoms with Crippen molar-refractivity contribution in [1.29, 1.82) is 0 Å². The van der Waals surface area contributed by atoms with Crippen LogP contribution in [0.15, 0.2) is 41.1 Å². The maximum absolute atomic E-state index is 12.7. The Hall–Kier alpha value is -1.68. The fourth-order valence-electron chi connectivity index (χ4n) is 1.65. The van der Waals surface area contributed by atoms with Gasteiger partial charge in [-0.2, -0.15) is 0 Å². The number of rotatable bonds is 5. The van der Waals surface area contributed by atoms with E-state index < -0.39 is 0 Å². The first-order chi connectivity index (χ1) is 8.24. The molecule has 0 saturated carbocycles. The lowest BCUT2D eigenvalue weighted by molar-refractivity contribution is 0.405. The highest BCUT2D eigenvalue weighted by Gasteiger charge is 2.04. The van der Waals surface area contributed by atoms with Crippen molar-refractivity contribution < 1.29 is 8.91 Å². The molecule has 0 radical (unpaired) electrons. The molecular weight excluding hydrogens is 219 g/mol. The molecule has 0 aliphatic rings. The van der Waals surface area contributed by atoms with Crippen LogP contribution in [0.2, 0.25) is 0 Å². The van der Waals surface area contributed by atoms with Gasteiger partial charge in [-0.3, -0.25) is 0 Å². The zero-order chi connectivity index (χ0) is 12.1. The lowest BCUT2D eigenvalue weighted by atomic mass is 10.1. The molecule has 17 heavy (non-hydrogen) atoms. The van der Waals surface area contributed by atoms with E-state index in [1.165, 1.54) is 12.1 Å². The minimum atomic E-state index is -0.197. The molecule has 1 unspecified atom stereocenters. The van der Waals surface area contributed by atoms with Gasteiger partial charge in [-0.25, -0.2) is 4.39 Å². The summed E-state index contributed by atoms with van der Waals surface area (Å²) >= 11 is 0. The van der Waals surface area contributed by atoms with Crippen molar-refractivity contribution in [3.05, 3.63) is 53.7 Å². The van der Waals surface area contributed by atoms with E-state index in [2.05, 4.69) is 17.4 Å². The van der Waals surface area contributed by atoms with Crippen LogP contribution < -0.4 is 5.32 Å². The molecule has 0 amide bonds. The monoisotopic (exact) mass is 234 g/mol. The standard InChI is InChI=1S/C13H15FN2O/c1-10(15-9-13-6-7-17-16-13)8-11-2-4-12(14)5-3-11/h2-7,10,15H,8-9H2,1H3. The summed E-state index contributed by atoms with van der Waals surface area (Å²) in [6.07, 6.45) is 2.42. The molecule has 0 aliphatic carbocycles. The van der Waals surface area contributed by atoms with Crippen LogP contribution in [0.5, 0.6) is 0 Å². The normalized spacial score (nSPS) is 12.6. The highest BCUT2D eigenvalue weighted by atomic mass is 19.1. The zero-order valence-corrected chi connectivity index (χ0v) is 9.69. The Labute approximate surface area is 99.6 Å². The molecule has 1 heterocycles. The number of halogens is 1. The number of aromatic nitrogens is 1. The van der Waals surface area contributed by atoms with Gasteiger partial charge in [-0.1, -0.05) is 17.3 Å². The fraction of sp³-hybridized carbons (Fsp3) is 0.308. The lowest BCUT2D eigenvalue weighted by Crippen LogP contribution is -2.27. The number of hydrogen-bond donors (Lipinski definition) is 1. The molecule has 4 heteroatoms. The zero-order valence-electron chi connectivity index (χ0n) is 9.69. The molecule has 1 atom stereocenters. The molecule has 1 aromatic heterocycles. The van der Waals surface area contributed by atoms with Crippen molar-refractivity contribution in [2.45, 2.75) is 25.9 Å². The maximum atomic E-state index is 12.7. The van der Waals surface area contributed by atoms with Crippen LogP contribution in [0.4, 0.5) is 4.39 Å². The van der Waals surface area contributed by atoms with E-state index in [1.807, 2.05) is 18.2 Å². The van der Waals surface area contributed by atoms with Gasteiger partial charge in [0.05, 0.1) is 5.69 Å². The third kappa shape index (κ3) is 3.67. The number of nitrogens with zero attached hydrogens (tertiary/aromatic N) is 1. The molecule has 90 valence electrons. The van der Waals surface area contributed by atoms with Crippen molar-refractivity contribution in [2.75, 3.05) is 0 Å². The van der Waals surface area contributed by atoms with Crippen molar-refractivity contribution in [2.24, 2.45) is 0 Å². The fourth-order valence-corrected chi connectivity index (χ4v) is 1.65. The summed E-state index contributed by atoms with van der Waals surface area (Å²) in [5, 5.41) is 7.15. The predicted octanol–water partition coefficient (Wildman–Crippen LogP) is 2.53. The van der Waals surface area contributed by atoms with Crippen molar-refractivity contribution >= 4 is 0 Å². The molecule has 0 fully saturated rings. The molecule has 1 N–H and O–H groups in total. The van der Waals surface area contributed by atoms with E-state index in [0.717, 1.165) is 17.7 Å². The van der Waals surface area contributed by atoms with Crippen LogP contribution in [-0.2, 0) is 13.0 Å². The molecule has 0 saturated heterocycles. The van der Waals surface area contributed by atoms with E-state index in [4.69, 9.17) is 4.52 Å². The first-order valence-corrected chi connectivity index (χ1v) is 5.61. The van der Waals surface area contributed by atoms with Crippen molar-refractivity contribution in [3.63, 3.8) is 0 Å². The minimum Gasteiger partial charge on any atom is -0.364 e. The second-order valence-electron chi connectivity index (χ2n) is 4.10. The molecular formula is C13H15FN2O. The first-order valence-electron chi connectivity index (χ1n) is 5.61. The van der Waals surface area contributed by atoms with Crippen LogP contribution >= 0.6 is 0 Å². The third-order valence-corrected chi connectivity index (χ3v) is 2.58. The van der Waals surface area contributed by atoms with E-state index >= 15 is 0 Å². The Morgan fingerprint density at radius 1 is 1.29 bits per heavy atom. The topological polar surface area (TPSA) is 38.1 Å². The Balaban J connectivity index is 1.80. The van der Waals surface area contributed by atoms with Crippen molar-refractivity contribution in [1.82, 2.24) is 10.5 Å². The Bertz CT molecular complexity index is 439. The van der Waals surface area contributed by atoms with E-state index in [9.17, 15) is 4.39 Å². The Morgan fingerprint density at radius 2 is 2.06 bits per heavy atom. The summed E-state index contributed by atoms with van der Waals surface area (Å²) in [7, 11) is 0. The van der Waals surface area contributed by atoms with Gasteiger partial charge < -0.3 is 9.84 Å². The molecule has 0 aliphatic heterocycles. The first kappa shape index (κ1) is 11.8. The second-order valence-corrected chi connectivity index (χ2v) is 4.10. The molecule has 3 nitrogen and oxygen atoms in total. The van der Waals surface area contributed by atoms with Gasteiger partial charge in [0.25, 0.3) is 0 Å². The smallest absolute Gasteiger partial charge is 0.124 e. The predicted molar refractivity (Wildman–Crippen MR) is 62.9 cm³/mol. The summed E-state index contributed by atoms with van der Waals surface area (Å²) in [5.41, 5.74) is 2.00. The van der Waals surface area contributed by atoms with Crippen LogP contribution in [0.3, 0.4) is 0 Å². The maximum Gasteiger partial charge on any atom is 0.124 e. The average molecular weight is 234 g/mol. The molecule has 0 bridgehead atoms. The summed E-state index contributed by atoms with van der Waals surface area (Å²) < 4.78 is 17.5. The van der Waals surface area contributed by atoms with E-state index in [0.29, 0.717) is 12.6 Å². The van der Waals surface area contributed by atoms with Gasteiger partial charge in [-0.05, 0) is 31.0 Å². The van der Waals surface area contributed by atoms with Crippen LogP contribution in [0.25, 0.3) is 0 Å². The minimum absolute atomic E-state index is 0.197. The number of benzene rings is 1. The summed E-state index contributed by atoms with van der Waals surface area (Å²) in [6, 6.07) is 8.72. The number of nitrogens with one attached hydrogen (secondary N) is 1. The second kappa shape index (κ2) is 5.59. The Kier molecular flexibility index (Phi) is 3.88. The largest absolute Gasteiger partial charge is 0.364 e. The highest BCUT2D eigenvalue weighted by Crippen LogP contribution is 2.06. The SMILES string of the molecule is CC(Cc1ccc(F)cc1)NCc1ccon1. The molecule has 2 rings (SSSR count). The van der Waals surface area contributed by atoms with Crippen LogP contribution in [-0.4, -0.2) is 11.2 Å². The molecule has 1 aromatic carbocycles. The Morgan fingerprint density at radius 3 is 2.71 bits per heavy atom. The quantitative estimate of drug-likeness (QED) is 0.864. The molecule has 0 spiro atoms. The van der Waals surface area contributed by atoms with Crippen LogP contribution in [0.1, 0.15) is 18.2 Å². The van der Waals surface area contributed by atoms with E-state index in [1.54, 1.807) is 6.26 Å². The molecule has 2 aromatic rings. The highest BCUT2D eigenvalue weighted by molar-refractivity contribution is 5.17. The number of hydrogen-bond acceptors (Lipinski definition) is 3. The van der Waals surface area contributed by atoms with Gasteiger partial charge in [0.15, 0.2) is 0 Å². The van der Waals surface area contributed by atoms with Gasteiger partial charge >= 0.3 is 0 Å². The van der Waals surface area contributed by atoms with Gasteiger partial charge in [0.1, 0.15) is 12.1 Å². The van der Waals surface area contributed by atoms with E-state index in [-0.39, 0.29) is 5.82 Å². The van der Waals surface area contributed by atoms with Gasteiger partial charge in [0.2, 0.25) is 0 Å².